The van der Waals surface area contributed by atoms with E-state index in [1.54, 1.807) is 6.07 Å². The summed E-state index contributed by atoms with van der Waals surface area (Å²) in [6.45, 7) is 5.57. The molecule has 1 aromatic rings. The molecular weight excluding hydrogens is 310 g/mol. The predicted octanol–water partition coefficient (Wildman–Crippen LogP) is 2.78. The molecule has 1 rings (SSSR count). The highest BCUT2D eigenvalue weighted by Crippen LogP contribution is 2.18. The number of carbonyl (C=O) groups is 2. The van der Waals surface area contributed by atoms with Crippen molar-refractivity contribution in [2.24, 2.45) is 0 Å². The van der Waals surface area contributed by atoms with E-state index in [0.29, 0.717) is 5.56 Å². The van der Waals surface area contributed by atoms with Crippen LogP contribution in [-0.4, -0.2) is 36.5 Å². The minimum absolute atomic E-state index is 0.0392. The van der Waals surface area contributed by atoms with Crippen molar-refractivity contribution < 1.29 is 14.3 Å². The van der Waals surface area contributed by atoms with Crippen LogP contribution in [0.3, 0.4) is 0 Å². The van der Waals surface area contributed by atoms with E-state index in [9.17, 15) is 9.59 Å². The minimum atomic E-state index is -0.420. The summed E-state index contributed by atoms with van der Waals surface area (Å²) in [6.07, 6.45) is 0. The van der Waals surface area contributed by atoms with Gasteiger partial charge in [0.2, 0.25) is 0 Å². The van der Waals surface area contributed by atoms with Gasteiger partial charge in [0, 0.05) is 16.1 Å². The lowest BCUT2D eigenvalue weighted by atomic mass is 10.1. The molecule has 0 atom stereocenters. The predicted molar refractivity (Wildman–Crippen MR) is 77.1 cm³/mol. The van der Waals surface area contributed by atoms with E-state index in [2.05, 4.69) is 20.7 Å². The first-order valence-electron chi connectivity index (χ1n) is 6.00. The average molecular weight is 328 g/mol. The van der Waals surface area contributed by atoms with Crippen molar-refractivity contribution in [3.05, 3.63) is 33.8 Å². The van der Waals surface area contributed by atoms with E-state index in [1.807, 2.05) is 32.9 Å². The molecule has 1 aromatic carbocycles. The molecule has 0 saturated carbocycles. The maximum atomic E-state index is 12.5. The van der Waals surface area contributed by atoms with E-state index in [4.69, 9.17) is 0 Å². The van der Waals surface area contributed by atoms with E-state index in [-0.39, 0.29) is 18.5 Å². The molecule has 0 spiro atoms. The Morgan fingerprint density at radius 2 is 2.00 bits per heavy atom. The van der Waals surface area contributed by atoms with Crippen LogP contribution in [0.25, 0.3) is 0 Å². The van der Waals surface area contributed by atoms with Crippen LogP contribution in [0.2, 0.25) is 0 Å². The highest BCUT2D eigenvalue weighted by atomic mass is 79.9. The zero-order valence-electron chi connectivity index (χ0n) is 11.6. The molecule has 0 N–H and O–H groups in total. The van der Waals surface area contributed by atoms with Crippen LogP contribution in [0, 0.1) is 6.92 Å². The smallest absolute Gasteiger partial charge is 0.325 e. The standard InChI is InChI=1S/C14H18BrNO3/c1-9(2)16(8-13(17)19-4)14(18)12-6-5-11(15)7-10(12)3/h5-7,9H,8H2,1-4H3. The number of halogens is 1. The molecule has 104 valence electrons. The van der Waals surface area contributed by atoms with Crippen LogP contribution in [0.1, 0.15) is 29.8 Å². The van der Waals surface area contributed by atoms with Crippen molar-refractivity contribution in [2.45, 2.75) is 26.8 Å². The Morgan fingerprint density at radius 3 is 2.47 bits per heavy atom. The fourth-order valence-corrected chi connectivity index (χ4v) is 2.19. The van der Waals surface area contributed by atoms with Crippen molar-refractivity contribution in [1.82, 2.24) is 4.90 Å². The summed E-state index contributed by atoms with van der Waals surface area (Å²) in [7, 11) is 1.32. The number of carbonyl (C=O) groups excluding carboxylic acids is 2. The van der Waals surface area contributed by atoms with Gasteiger partial charge in [-0.1, -0.05) is 15.9 Å². The highest BCUT2D eigenvalue weighted by Gasteiger charge is 2.23. The highest BCUT2D eigenvalue weighted by molar-refractivity contribution is 9.10. The summed E-state index contributed by atoms with van der Waals surface area (Å²) in [5.74, 6) is -0.581. The van der Waals surface area contributed by atoms with Gasteiger partial charge in [-0.25, -0.2) is 0 Å². The molecule has 0 unspecified atom stereocenters. The third-order valence-electron chi connectivity index (χ3n) is 2.83. The van der Waals surface area contributed by atoms with Crippen LogP contribution in [0.5, 0.6) is 0 Å². The van der Waals surface area contributed by atoms with Gasteiger partial charge in [-0.3, -0.25) is 9.59 Å². The number of rotatable bonds is 4. The molecular formula is C14H18BrNO3. The fraction of sp³-hybridized carbons (Fsp3) is 0.429. The normalized spacial score (nSPS) is 10.4. The summed E-state index contributed by atoms with van der Waals surface area (Å²) < 4.78 is 5.55. The molecule has 0 saturated heterocycles. The van der Waals surface area contributed by atoms with Gasteiger partial charge in [-0.05, 0) is 44.5 Å². The number of benzene rings is 1. The van der Waals surface area contributed by atoms with Crippen LogP contribution in [0.4, 0.5) is 0 Å². The van der Waals surface area contributed by atoms with Crippen LogP contribution < -0.4 is 0 Å². The Hall–Kier alpha value is -1.36. The molecule has 4 nitrogen and oxygen atoms in total. The second kappa shape index (κ2) is 6.70. The van der Waals surface area contributed by atoms with Gasteiger partial charge < -0.3 is 9.64 Å². The number of methoxy groups -OCH3 is 1. The zero-order chi connectivity index (χ0) is 14.6. The molecule has 0 fully saturated rings. The SMILES string of the molecule is COC(=O)CN(C(=O)c1ccc(Br)cc1C)C(C)C. The molecule has 0 aliphatic rings. The summed E-state index contributed by atoms with van der Waals surface area (Å²) in [4.78, 5) is 25.4. The van der Waals surface area contributed by atoms with E-state index < -0.39 is 5.97 Å². The van der Waals surface area contributed by atoms with E-state index in [1.165, 1.54) is 12.0 Å². The molecule has 5 heteroatoms. The molecule has 0 aromatic heterocycles. The quantitative estimate of drug-likeness (QED) is 0.799. The lowest BCUT2D eigenvalue weighted by Crippen LogP contribution is -2.41. The van der Waals surface area contributed by atoms with Crippen molar-refractivity contribution in [1.29, 1.82) is 0 Å². The molecule has 0 heterocycles. The summed E-state index contributed by atoms with van der Waals surface area (Å²) in [6, 6.07) is 5.38. The first kappa shape index (κ1) is 15.7. The Bertz CT molecular complexity index is 486. The Kier molecular flexibility index (Phi) is 5.54. The Labute approximate surface area is 121 Å². The zero-order valence-corrected chi connectivity index (χ0v) is 13.2. The maximum Gasteiger partial charge on any atom is 0.325 e. The van der Waals surface area contributed by atoms with Gasteiger partial charge in [-0.2, -0.15) is 0 Å². The maximum absolute atomic E-state index is 12.5. The van der Waals surface area contributed by atoms with Crippen LogP contribution in [-0.2, 0) is 9.53 Å². The van der Waals surface area contributed by atoms with Crippen molar-refractivity contribution in [3.8, 4) is 0 Å². The third kappa shape index (κ3) is 4.06. The molecule has 0 aliphatic heterocycles. The van der Waals surface area contributed by atoms with E-state index in [0.717, 1.165) is 10.0 Å². The number of hydrogen-bond donors (Lipinski definition) is 0. The van der Waals surface area contributed by atoms with Gasteiger partial charge >= 0.3 is 5.97 Å². The largest absolute Gasteiger partial charge is 0.468 e. The first-order valence-corrected chi connectivity index (χ1v) is 6.80. The Balaban J connectivity index is 3.02. The lowest BCUT2D eigenvalue weighted by molar-refractivity contribution is -0.141. The average Bonchev–Trinajstić information content (AvgIpc) is 2.34. The number of amides is 1. The molecule has 0 aliphatic carbocycles. The van der Waals surface area contributed by atoms with Crippen LogP contribution >= 0.6 is 15.9 Å². The first-order chi connectivity index (χ1) is 8.86. The van der Waals surface area contributed by atoms with Gasteiger partial charge in [0.15, 0.2) is 0 Å². The van der Waals surface area contributed by atoms with Gasteiger partial charge in [0.25, 0.3) is 5.91 Å². The number of hydrogen-bond acceptors (Lipinski definition) is 3. The van der Waals surface area contributed by atoms with Gasteiger partial charge in [-0.15, -0.1) is 0 Å². The fourth-order valence-electron chi connectivity index (χ4n) is 1.71. The van der Waals surface area contributed by atoms with Gasteiger partial charge in [0.05, 0.1) is 7.11 Å². The lowest BCUT2D eigenvalue weighted by Gasteiger charge is -2.26. The Morgan fingerprint density at radius 1 is 1.37 bits per heavy atom. The number of esters is 1. The topological polar surface area (TPSA) is 46.6 Å². The minimum Gasteiger partial charge on any atom is -0.468 e. The van der Waals surface area contributed by atoms with Crippen molar-refractivity contribution in [2.75, 3.05) is 13.7 Å². The number of ether oxygens (including phenoxy) is 1. The van der Waals surface area contributed by atoms with Crippen LogP contribution in [0.15, 0.2) is 22.7 Å². The third-order valence-corrected chi connectivity index (χ3v) is 3.32. The summed E-state index contributed by atoms with van der Waals surface area (Å²) in [5, 5.41) is 0. The van der Waals surface area contributed by atoms with Gasteiger partial charge in [0.1, 0.15) is 6.54 Å². The summed E-state index contributed by atoms with van der Waals surface area (Å²) >= 11 is 3.36. The van der Waals surface area contributed by atoms with Crippen molar-refractivity contribution in [3.63, 3.8) is 0 Å². The second-order valence-electron chi connectivity index (χ2n) is 4.56. The van der Waals surface area contributed by atoms with E-state index >= 15 is 0 Å². The number of nitrogens with zero attached hydrogens (tertiary/aromatic N) is 1. The monoisotopic (exact) mass is 327 g/mol. The molecule has 0 radical (unpaired) electrons. The molecule has 1 amide bonds. The molecule has 0 bridgehead atoms. The number of aryl methyl sites for hydroxylation is 1. The van der Waals surface area contributed by atoms with Crippen molar-refractivity contribution >= 4 is 27.8 Å². The molecule has 19 heavy (non-hydrogen) atoms. The summed E-state index contributed by atoms with van der Waals surface area (Å²) in [5.41, 5.74) is 1.47. The second-order valence-corrected chi connectivity index (χ2v) is 5.48.